The van der Waals surface area contributed by atoms with Crippen molar-refractivity contribution in [3.63, 3.8) is 0 Å². The highest BCUT2D eigenvalue weighted by Crippen LogP contribution is 2.46. The molecule has 2 aliphatic rings. The lowest BCUT2D eigenvalue weighted by Crippen LogP contribution is -2.24. The summed E-state index contributed by atoms with van der Waals surface area (Å²) in [7, 11) is 4.35. The minimum absolute atomic E-state index is 0.0636. The van der Waals surface area contributed by atoms with Crippen molar-refractivity contribution in [1.29, 1.82) is 0 Å². The van der Waals surface area contributed by atoms with Crippen LogP contribution in [0.1, 0.15) is 28.0 Å². The Bertz CT molecular complexity index is 1320. The summed E-state index contributed by atoms with van der Waals surface area (Å²) < 4.78 is 17.6. The van der Waals surface area contributed by atoms with Crippen LogP contribution in [0.2, 0.25) is 0 Å². The van der Waals surface area contributed by atoms with Gasteiger partial charge < -0.3 is 14.2 Å². The zero-order valence-electron chi connectivity index (χ0n) is 16.1. The molecule has 0 N–H and O–H groups in total. The number of pyridine rings is 2. The predicted molar refractivity (Wildman–Crippen MR) is 108 cm³/mol. The summed E-state index contributed by atoms with van der Waals surface area (Å²) in [6, 6.07) is 5.05. The van der Waals surface area contributed by atoms with Gasteiger partial charge in [-0.1, -0.05) is 24.3 Å². The van der Waals surface area contributed by atoms with E-state index in [-0.39, 0.29) is 23.2 Å². The molecule has 0 fully saturated rings. The van der Waals surface area contributed by atoms with E-state index >= 15 is 0 Å². The Morgan fingerprint density at radius 3 is 2.62 bits per heavy atom. The van der Waals surface area contributed by atoms with Gasteiger partial charge in [0.1, 0.15) is 5.69 Å². The first-order chi connectivity index (χ1) is 14.1. The summed E-state index contributed by atoms with van der Waals surface area (Å²) >= 11 is 0. The molecule has 0 bridgehead atoms. The number of hydrogen-bond donors (Lipinski definition) is 0. The summed E-state index contributed by atoms with van der Waals surface area (Å²) in [5, 5.41) is 0.987. The number of methoxy groups -OCH3 is 3. The quantitative estimate of drug-likeness (QED) is 0.505. The third-order valence-electron chi connectivity index (χ3n) is 5.65. The van der Waals surface area contributed by atoms with E-state index in [2.05, 4.69) is 4.98 Å². The van der Waals surface area contributed by atoms with Gasteiger partial charge >= 0.3 is 5.97 Å². The number of hydrogen-bond acceptors (Lipinski definition) is 6. The molecule has 29 heavy (non-hydrogen) atoms. The van der Waals surface area contributed by atoms with Crippen molar-refractivity contribution in [3.05, 3.63) is 64.1 Å². The van der Waals surface area contributed by atoms with Gasteiger partial charge in [0.25, 0.3) is 5.56 Å². The van der Waals surface area contributed by atoms with E-state index in [0.29, 0.717) is 27.8 Å². The highest BCUT2D eigenvalue weighted by atomic mass is 16.5. The van der Waals surface area contributed by atoms with E-state index in [9.17, 15) is 9.59 Å². The molecule has 7 heteroatoms. The first-order valence-corrected chi connectivity index (χ1v) is 9.17. The van der Waals surface area contributed by atoms with E-state index in [0.717, 1.165) is 11.1 Å². The minimum atomic E-state index is -0.520. The molecular weight excluding hydrogens is 372 g/mol. The van der Waals surface area contributed by atoms with Gasteiger partial charge in [-0.05, 0) is 23.8 Å². The fraction of sp³-hybridized carbons (Fsp3) is 0.227. The van der Waals surface area contributed by atoms with E-state index < -0.39 is 5.97 Å². The van der Waals surface area contributed by atoms with Gasteiger partial charge in [-0.25, -0.2) is 9.78 Å². The van der Waals surface area contributed by atoms with Crippen LogP contribution in [0, 0.1) is 0 Å². The molecule has 0 radical (unpaired) electrons. The van der Waals surface area contributed by atoms with Crippen molar-refractivity contribution in [3.8, 4) is 11.5 Å². The molecule has 3 heterocycles. The minimum Gasteiger partial charge on any atom is -0.493 e. The van der Waals surface area contributed by atoms with Crippen molar-refractivity contribution in [2.45, 2.75) is 12.0 Å². The van der Waals surface area contributed by atoms with Gasteiger partial charge in [0.2, 0.25) is 0 Å². The number of carbonyl (C=O) groups excluding carboxylic acids is 1. The fourth-order valence-electron chi connectivity index (χ4n) is 4.44. The number of nitrogens with zero attached hydrogens (tertiary/aromatic N) is 2. The third kappa shape index (κ3) is 2.21. The number of ether oxygens (including phenoxy) is 3. The summed E-state index contributed by atoms with van der Waals surface area (Å²) in [6.45, 7) is 0. The van der Waals surface area contributed by atoms with Crippen molar-refractivity contribution < 1.29 is 19.0 Å². The average Bonchev–Trinajstić information content (AvgIpc) is 3.10. The SMILES string of the molecule is COC(=O)c1cc2c3c(n1)c1ccc(OC)c(OC)c1c(=O)n3C1C=CC=CC21. The van der Waals surface area contributed by atoms with Gasteiger partial charge in [-0.3, -0.25) is 9.36 Å². The van der Waals surface area contributed by atoms with E-state index in [1.54, 1.807) is 22.8 Å². The van der Waals surface area contributed by atoms with Gasteiger partial charge in [0.15, 0.2) is 11.5 Å². The van der Waals surface area contributed by atoms with Crippen LogP contribution in [-0.4, -0.2) is 36.8 Å². The Labute approximate surface area is 165 Å². The number of carbonyl (C=O) groups is 1. The Kier molecular flexibility index (Phi) is 3.74. The molecule has 1 aliphatic heterocycles. The Hall–Kier alpha value is -3.61. The van der Waals surface area contributed by atoms with Crippen LogP contribution >= 0.6 is 0 Å². The largest absolute Gasteiger partial charge is 0.493 e. The summed E-state index contributed by atoms with van der Waals surface area (Å²) in [6.07, 6.45) is 7.90. The standard InChI is InChI=1S/C22H18N2O5/c1-27-16-9-8-12-17(20(16)28-2)21(25)24-15-7-5-4-6-11(15)13-10-14(22(26)29-3)23-18(12)19(13)24/h4-11,15H,1-3H3. The normalized spacial score (nSPS) is 18.9. The maximum Gasteiger partial charge on any atom is 0.356 e. The Morgan fingerprint density at radius 2 is 1.90 bits per heavy atom. The highest BCUT2D eigenvalue weighted by Gasteiger charge is 2.36. The van der Waals surface area contributed by atoms with E-state index in [4.69, 9.17) is 14.2 Å². The van der Waals surface area contributed by atoms with Crippen LogP contribution in [0.5, 0.6) is 11.5 Å². The van der Waals surface area contributed by atoms with Crippen LogP contribution in [-0.2, 0) is 4.74 Å². The fourth-order valence-corrected chi connectivity index (χ4v) is 4.44. The molecule has 1 aliphatic carbocycles. The van der Waals surface area contributed by atoms with Gasteiger partial charge in [-0.2, -0.15) is 0 Å². The molecule has 5 rings (SSSR count). The van der Waals surface area contributed by atoms with Gasteiger partial charge in [0, 0.05) is 11.3 Å². The topological polar surface area (TPSA) is 79.7 Å². The molecule has 0 saturated carbocycles. The number of aromatic nitrogens is 2. The van der Waals surface area contributed by atoms with Gasteiger partial charge in [-0.15, -0.1) is 0 Å². The van der Waals surface area contributed by atoms with E-state index in [1.165, 1.54) is 21.3 Å². The second-order valence-corrected chi connectivity index (χ2v) is 6.97. The zero-order chi connectivity index (χ0) is 20.3. The first-order valence-electron chi connectivity index (χ1n) is 9.17. The Morgan fingerprint density at radius 1 is 1.10 bits per heavy atom. The smallest absolute Gasteiger partial charge is 0.356 e. The molecule has 2 atom stereocenters. The molecule has 1 aromatic carbocycles. The lowest BCUT2D eigenvalue weighted by molar-refractivity contribution is 0.0594. The van der Waals surface area contributed by atoms with Crippen LogP contribution in [0.4, 0.5) is 0 Å². The van der Waals surface area contributed by atoms with Crippen LogP contribution < -0.4 is 15.0 Å². The monoisotopic (exact) mass is 390 g/mol. The summed E-state index contributed by atoms with van der Waals surface area (Å²) in [5.74, 6) is 0.230. The maximum atomic E-state index is 13.6. The van der Waals surface area contributed by atoms with Crippen LogP contribution in [0.3, 0.4) is 0 Å². The Balaban J connectivity index is 2.02. The van der Waals surface area contributed by atoms with Crippen LogP contribution in [0.15, 0.2) is 47.3 Å². The summed E-state index contributed by atoms with van der Waals surface area (Å²) in [4.78, 5) is 30.5. The molecule has 3 aromatic rings. The van der Waals surface area contributed by atoms with Crippen LogP contribution in [0.25, 0.3) is 21.8 Å². The molecular formula is C22H18N2O5. The number of rotatable bonds is 3. The van der Waals surface area contributed by atoms with Crippen molar-refractivity contribution in [1.82, 2.24) is 9.55 Å². The van der Waals surface area contributed by atoms with Gasteiger partial charge in [0.05, 0.1) is 43.8 Å². The van der Waals surface area contributed by atoms with Crippen molar-refractivity contribution in [2.75, 3.05) is 21.3 Å². The second-order valence-electron chi connectivity index (χ2n) is 6.97. The molecule has 0 saturated heterocycles. The molecule has 0 amide bonds. The highest BCUT2D eigenvalue weighted by molar-refractivity contribution is 6.09. The molecule has 2 aromatic heterocycles. The second kappa shape index (κ2) is 6.20. The van der Waals surface area contributed by atoms with Crippen molar-refractivity contribution in [2.24, 2.45) is 0 Å². The molecule has 0 spiro atoms. The average molecular weight is 390 g/mol. The zero-order valence-corrected chi connectivity index (χ0v) is 16.1. The molecule has 2 unspecified atom stereocenters. The van der Waals surface area contributed by atoms with E-state index in [1.807, 2.05) is 24.3 Å². The lowest BCUT2D eigenvalue weighted by atomic mass is 9.91. The number of benzene rings is 1. The maximum absolute atomic E-state index is 13.6. The third-order valence-corrected chi connectivity index (χ3v) is 5.65. The van der Waals surface area contributed by atoms with Crippen molar-refractivity contribution >= 4 is 27.8 Å². The number of esters is 1. The number of fused-ring (bicyclic) bond motifs is 5. The first kappa shape index (κ1) is 17.5. The molecule has 7 nitrogen and oxygen atoms in total. The predicted octanol–water partition coefficient (Wildman–Crippen LogP) is 3.12. The molecule has 146 valence electrons. The number of allylic oxidation sites excluding steroid dienone is 4. The summed E-state index contributed by atoms with van der Waals surface area (Å²) in [5.41, 5.74) is 2.21. The lowest BCUT2D eigenvalue weighted by Gasteiger charge is -2.19.